The monoisotopic (exact) mass is 254 g/mol. The topological polar surface area (TPSA) is 28.7 Å². The van der Waals surface area contributed by atoms with Crippen LogP contribution >= 0.6 is 0 Å². The fourth-order valence-electron chi connectivity index (χ4n) is 4.80. The van der Waals surface area contributed by atoms with Gasteiger partial charge in [0, 0.05) is 5.39 Å². The molecule has 2 atom stereocenters. The number of rotatable bonds is 1. The predicted molar refractivity (Wildman–Crippen MR) is 78.2 cm³/mol. The molecule has 100 valence electrons. The Morgan fingerprint density at radius 1 is 1.21 bits per heavy atom. The first-order valence-corrected chi connectivity index (χ1v) is 7.60. The number of benzene rings is 1. The molecule has 19 heavy (non-hydrogen) atoms. The summed E-state index contributed by atoms with van der Waals surface area (Å²) < 4.78 is 0. The van der Waals surface area contributed by atoms with E-state index >= 15 is 0 Å². The van der Waals surface area contributed by atoms with Gasteiger partial charge in [-0.25, -0.2) is 0 Å². The summed E-state index contributed by atoms with van der Waals surface area (Å²) in [6.45, 7) is 4.68. The molecule has 1 N–H and O–H groups in total. The van der Waals surface area contributed by atoms with Gasteiger partial charge in [0.15, 0.2) is 0 Å². The Balaban J connectivity index is 1.83. The minimum atomic E-state index is 0.354. The van der Waals surface area contributed by atoms with Gasteiger partial charge >= 0.3 is 0 Å². The van der Waals surface area contributed by atoms with Crippen LogP contribution in [0.15, 0.2) is 18.3 Å². The average Bonchev–Trinajstić information content (AvgIpc) is 3.01. The number of fused-ring (bicyclic) bond motifs is 2. The molecule has 2 nitrogen and oxygen atoms in total. The molecule has 2 heteroatoms. The molecule has 2 aromatic rings. The maximum atomic E-state index is 4.25. The predicted octanol–water partition coefficient (Wildman–Crippen LogP) is 4.34. The van der Waals surface area contributed by atoms with E-state index in [0.29, 0.717) is 5.41 Å². The number of nitrogens with zero attached hydrogens (tertiary/aromatic N) is 1. The first-order chi connectivity index (χ1) is 9.16. The molecule has 0 bridgehead atoms. The summed E-state index contributed by atoms with van der Waals surface area (Å²) in [5.41, 5.74) is 4.50. The average molecular weight is 254 g/mol. The van der Waals surface area contributed by atoms with Gasteiger partial charge in [-0.15, -0.1) is 0 Å². The van der Waals surface area contributed by atoms with Gasteiger partial charge in [-0.3, -0.25) is 5.10 Å². The highest BCUT2D eigenvalue weighted by molar-refractivity contribution is 5.83. The van der Waals surface area contributed by atoms with E-state index in [1.165, 1.54) is 54.1 Å². The van der Waals surface area contributed by atoms with Crippen LogP contribution in [0.25, 0.3) is 10.9 Å². The number of aromatic amines is 1. The van der Waals surface area contributed by atoms with E-state index in [9.17, 15) is 0 Å². The summed E-state index contributed by atoms with van der Waals surface area (Å²) in [5, 5.41) is 8.76. The molecule has 2 unspecified atom stereocenters. The number of H-pyrrole nitrogens is 1. The Kier molecular flexibility index (Phi) is 2.33. The Hall–Kier alpha value is -1.31. The second-order valence-corrected chi connectivity index (χ2v) is 7.07. The molecule has 1 heterocycles. The van der Waals surface area contributed by atoms with Crippen LogP contribution in [0.2, 0.25) is 0 Å². The third kappa shape index (κ3) is 1.65. The van der Waals surface area contributed by atoms with Crippen molar-refractivity contribution in [2.75, 3.05) is 0 Å². The lowest BCUT2D eigenvalue weighted by Crippen LogP contribution is -2.19. The molecular formula is C17H22N2. The summed E-state index contributed by atoms with van der Waals surface area (Å²) in [7, 11) is 0. The van der Waals surface area contributed by atoms with Gasteiger partial charge in [0.05, 0.1) is 11.7 Å². The van der Waals surface area contributed by atoms with Gasteiger partial charge in [0.2, 0.25) is 0 Å². The summed E-state index contributed by atoms with van der Waals surface area (Å²) in [6.07, 6.45) is 9.07. The second kappa shape index (κ2) is 3.84. The lowest BCUT2D eigenvalue weighted by atomic mass is 9.77. The maximum Gasteiger partial charge on any atom is 0.0688 e. The summed E-state index contributed by atoms with van der Waals surface area (Å²) in [4.78, 5) is 0. The van der Waals surface area contributed by atoms with Gasteiger partial charge in [-0.05, 0) is 48.6 Å². The van der Waals surface area contributed by atoms with E-state index in [2.05, 4.69) is 36.2 Å². The van der Waals surface area contributed by atoms with Gasteiger partial charge in [-0.1, -0.05) is 37.8 Å². The van der Waals surface area contributed by atoms with E-state index in [1.54, 1.807) is 0 Å². The first-order valence-electron chi connectivity index (χ1n) is 7.60. The Morgan fingerprint density at radius 2 is 1.95 bits per heavy atom. The van der Waals surface area contributed by atoms with Crippen LogP contribution in [0.5, 0.6) is 0 Å². The Morgan fingerprint density at radius 3 is 2.68 bits per heavy atom. The van der Waals surface area contributed by atoms with Crippen molar-refractivity contribution in [2.45, 2.75) is 51.4 Å². The van der Waals surface area contributed by atoms with E-state index < -0.39 is 0 Å². The van der Waals surface area contributed by atoms with Crippen molar-refractivity contribution in [3.05, 3.63) is 29.5 Å². The van der Waals surface area contributed by atoms with Crippen molar-refractivity contribution in [3.63, 3.8) is 0 Å². The van der Waals surface area contributed by atoms with Crippen LogP contribution in [-0.2, 0) is 5.41 Å². The SMILES string of the molecule is Cc1cc(C2(C)CC3CCCC3C2)c2[nH]ncc2c1. The Bertz CT molecular complexity index is 613. The van der Waals surface area contributed by atoms with Crippen LogP contribution in [0, 0.1) is 18.8 Å². The molecule has 2 fully saturated rings. The molecule has 1 aromatic heterocycles. The van der Waals surface area contributed by atoms with E-state index in [-0.39, 0.29) is 0 Å². The number of aryl methyl sites for hydroxylation is 1. The molecule has 2 saturated carbocycles. The van der Waals surface area contributed by atoms with Crippen molar-refractivity contribution in [1.82, 2.24) is 10.2 Å². The molecule has 1 aromatic carbocycles. The van der Waals surface area contributed by atoms with Crippen LogP contribution in [-0.4, -0.2) is 10.2 Å². The molecule has 4 rings (SSSR count). The largest absolute Gasteiger partial charge is 0.278 e. The van der Waals surface area contributed by atoms with Gasteiger partial charge in [0.1, 0.15) is 0 Å². The van der Waals surface area contributed by atoms with Crippen molar-refractivity contribution in [2.24, 2.45) is 11.8 Å². The van der Waals surface area contributed by atoms with Crippen LogP contribution in [0.4, 0.5) is 0 Å². The smallest absolute Gasteiger partial charge is 0.0688 e. The highest BCUT2D eigenvalue weighted by Gasteiger charge is 2.45. The highest BCUT2D eigenvalue weighted by atomic mass is 15.1. The van der Waals surface area contributed by atoms with Crippen molar-refractivity contribution < 1.29 is 0 Å². The number of hydrogen-bond acceptors (Lipinski definition) is 1. The highest BCUT2D eigenvalue weighted by Crippen LogP contribution is 2.54. The van der Waals surface area contributed by atoms with Gasteiger partial charge < -0.3 is 0 Å². The fourth-order valence-corrected chi connectivity index (χ4v) is 4.80. The van der Waals surface area contributed by atoms with Crippen LogP contribution in [0.1, 0.15) is 50.2 Å². The van der Waals surface area contributed by atoms with E-state index in [4.69, 9.17) is 0 Å². The van der Waals surface area contributed by atoms with Crippen LogP contribution in [0.3, 0.4) is 0 Å². The summed E-state index contributed by atoms with van der Waals surface area (Å²) in [5.74, 6) is 1.95. The summed E-state index contributed by atoms with van der Waals surface area (Å²) >= 11 is 0. The van der Waals surface area contributed by atoms with Gasteiger partial charge in [-0.2, -0.15) is 5.10 Å². The zero-order valence-electron chi connectivity index (χ0n) is 11.9. The number of aromatic nitrogens is 2. The zero-order valence-corrected chi connectivity index (χ0v) is 11.9. The summed E-state index contributed by atoms with van der Waals surface area (Å²) in [6, 6.07) is 4.63. The zero-order chi connectivity index (χ0) is 13.0. The molecule has 0 saturated heterocycles. The maximum absolute atomic E-state index is 4.25. The minimum absolute atomic E-state index is 0.354. The number of nitrogens with one attached hydrogen (secondary N) is 1. The molecule has 2 aliphatic rings. The number of hydrogen-bond donors (Lipinski definition) is 1. The first kappa shape index (κ1) is 11.5. The normalized spacial score (nSPS) is 34.0. The van der Waals surface area contributed by atoms with Crippen molar-refractivity contribution in [3.8, 4) is 0 Å². The van der Waals surface area contributed by atoms with Crippen molar-refractivity contribution >= 4 is 10.9 Å². The molecule has 0 spiro atoms. The van der Waals surface area contributed by atoms with E-state index in [1.807, 2.05) is 6.20 Å². The van der Waals surface area contributed by atoms with Crippen LogP contribution < -0.4 is 0 Å². The van der Waals surface area contributed by atoms with Crippen molar-refractivity contribution in [1.29, 1.82) is 0 Å². The lowest BCUT2D eigenvalue weighted by molar-refractivity contribution is 0.443. The quantitative estimate of drug-likeness (QED) is 0.805. The Labute approximate surface area is 114 Å². The molecule has 0 radical (unpaired) electrons. The third-order valence-corrected chi connectivity index (χ3v) is 5.59. The molecule has 0 amide bonds. The molecule has 0 aliphatic heterocycles. The van der Waals surface area contributed by atoms with E-state index in [0.717, 1.165) is 11.8 Å². The standard InChI is InChI=1S/C17H22N2/c1-11-6-14-10-18-19-16(14)15(7-11)17(2)8-12-4-3-5-13(12)9-17/h6-7,10,12-13H,3-5,8-9H2,1-2H3,(H,18,19). The molecular weight excluding hydrogens is 232 g/mol. The van der Waals surface area contributed by atoms with Gasteiger partial charge in [0.25, 0.3) is 0 Å². The third-order valence-electron chi connectivity index (χ3n) is 5.59. The second-order valence-electron chi connectivity index (χ2n) is 7.07. The fraction of sp³-hybridized carbons (Fsp3) is 0.588. The molecule has 2 aliphatic carbocycles. The minimum Gasteiger partial charge on any atom is -0.278 e. The lowest BCUT2D eigenvalue weighted by Gasteiger charge is -2.27.